The summed E-state index contributed by atoms with van der Waals surface area (Å²) in [5, 5.41) is 45.4. The second kappa shape index (κ2) is 9.46. The minimum Gasteiger partial charge on any atom is -0.394 e. The van der Waals surface area contributed by atoms with E-state index in [1.165, 1.54) is 0 Å². The van der Waals surface area contributed by atoms with Crippen LogP contribution in [0.5, 0.6) is 0 Å². The fraction of sp³-hybridized carbons (Fsp3) is 0.476. The van der Waals surface area contributed by atoms with E-state index in [1.807, 2.05) is 26.0 Å². The van der Waals surface area contributed by atoms with Crippen molar-refractivity contribution >= 4 is 29.6 Å². The zero-order valence-corrected chi connectivity index (χ0v) is 18.0. The number of aliphatic hydroxyl groups is 4. The summed E-state index contributed by atoms with van der Waals surface area (Å²) in [6.45, 7) is 3.35. The Morgan fingerprint density at radius 2 is 1.97 bits per heavy atom. The van der Waals surface area contributed by atoms with Crippen LogP contribution in [0.1, 0.15) is 38.3 Å². The van der Waals surface area contributed by atoms with E-state index >= 15 is 0 Å². The molecule has 168 valence electrons. The molecule has 1 heterocycles. The number of halogens is 1. The number of rotatable bonds is 6. The number of aliphatic hydroxyl groups excluding tert-OH is 4. The molecule has 0 fully saturated rings. The van der Waals surface area contributed by atoms with E-state index in [0.29, 0.717) is 23.4 Å². The number of nitrogens with zero attached hydrogens (tertiary/aromatic N) is 2. The molecule has 1 unspecified atom stereocenters. The maximum atomic E-state index is 12.9. The Labute approximate surface area is 185 Å². The molecule has 1 aromatic rings. The molecule has 1 aliphatic heterocycles. The van der Waals surface area contributed by atoms with Gasteiger partial charge in [0, 0.05) is 22.7 Å². The van der Waals surface area contributed by atoms with E-state index in [2.05, 4.69) is 20.8 Å². The van der Waals surface area contributed by atoms with Gasteiger partial charge in [-0.05, 0) is 29.5 Å². The number of allylic oxidation sites excluding steroid dienone is 1. The Kier molecular flexibility index (Phi) is 7.13. The van der Waals surface area contributed by atoms with Crippen molar-refractivity contribution in [2.75, 3.05) is 6.61 Å². The molecule has 0 amide bonds. The maximum absolute atomic E-state index is 12.9. The lowest BCUT2D eigenvalue weighted by molar-refractivity contribution is -0.118. The Balaban J connectivity index is 1.85. The number of hydrazone groups is 1. The summed E-state index contributed by atoms with van der Waals surface area (Å²) in [7, 11) is 0. The molecule has 1 aromatic carbocycles. The third kappa shape index (κ3) is 5.50. The topological polar surface area (TPSA) is 147 Å². The first-order valence-electron chi connectivity index (χ1n) is 9.92. The standard InChI is InChI=1S/C21H27ClN4O5/c1-21(2)7-13-17(14(28)8-21)18(11-3-5-12(22)6-4-11)25-20(24-13)26-23-9-15(29)19(31)16(30)10-27/h3-6,9,15-16,18-19,27,29-31H,7-8,10H2,1-2H3,(H2,24,25,26)/b23-9+/t15-,16+,18?,19+/m0/s1. The molecule has 10 heteroatoms. The van der Waals surface area contributed by atoms with E-state index in [0.717, 1.165) is 17.5 Å². The summed E-state index contributed by atoms with van der Waals surface area (Å²) in [4.78, 5) is 17.5. The van der Waals surface area contributed by atoms with Gasteiger partial charge in [0.25, 0.3) is 0 Å². The number of carbonyl (C=O) groups excluding carboxylic acids is 1. The molecule has 9 nitrogen and oxygen atoms in total. The highest BCUT2D eigenvalue weighted by Crippen LogP contribution is 2.42. The van der Waals surface area contributed by atoms with Gasteiger partial charge in [0.2, 0.25) is 5.96 Å². The average molecular weight is 451 g/mol. The van der Waals surface area contributed by atoms with Gasteiger partial charge in [-0.25, -0.2) is 10.4 Å². The Morgan fingerprint density at radius 3 is 2.61 bits per heavy atom. The first-order chi connectivity index (χ1) is 14.6. The summed E-state index contributed by atoms with van der Waals surface area (Å²) in [5.41, 5.74) is 4.63. The van der Waals surface area contributed by atoms with Gasteiger partial charge in [-0.3, -0.25) is 4.79 Å². The second-order valence-electron chi connectivity index (χ2n) is 8.51. The number of guanidine groups is 1. The van der Waals surface area contributed by atoms with Crippen LogP contribution in [-0.4, -0.2) is 63.3 Å². The van der Waals surface area contributed by atoms with Crippen molar-refractivity contribution in [1.82, 2.24) is 10.7 Å². The molecule has 0 aromatic heterocycles. The van der Waals surface area contributed by atoms with Gasteiger partial charge < -0.3 is 25.7 Å². The van der Waals surface area contributed by atoms with Crippen molar-refractivity contribution < 1.29 is 25.2 Å². The lowest BCUT2D eigenvalue weighted by Crippen LogP contribution is -2.44. The zero-order valence-electron chi connectivity index (χ0n) is 17.3. The van der Waals surface area contributed by atoms with Crippen LogP contribution >= 0.6 is 11.6 Å². The van der Waals surface area contributed by atoms with Crippen molar-refractivity contribution in [1.29, 1.82) is 0 Å². The third-order valence-electron chi connectivity index (χ3n) is 5.24. The fourth-order valence-corrected chi connectivity index (χ4v) is 3.80. The van der Waals surface area contributed by atoms with E-state index in [1.54, 1.807) is 12.1 Å². The lowest BCUT2D eigenvalue weighted by atomic mass is 9.73. The Hall–Kier alpha value is -2.30. The van der Waals surface area contributed by atoms with Crippen LogP contribution < -0.4 is 10.7 Å². The average Bonchev–Trinajstić information content (AvgIpc) is 2.71. The molecular formula is C21H27ClN4O5. The van der Waals surface area contributed by atoms with Gasteiger partial charge in [0.05, 0.1) is 12.8 Å². The highest BCUT2D eigenvalue weighted by molar-refractivity contribution is 6.30. The number of Topliss-reactive ketones (excluding diaryl/α,β-unsaturated/α-hetero) is 1. The molecule has 31 heavy (non-hydrogen) atoms. The normalized spacial score (nSPS) is 23.6. The van der Waals surface area contributed by atoms with Crippen LogP contribution in [0.2, 0.25) is 5.02 Å². The molecule has 0 bridgehead atoms. The molecule has 1 aliphatic carbocycles. The van der Waals surface area contributed by atoms with Crippen LogP contribution in [-0.2, 0) is 4.79 Å². The quantitative estimate of drug-likeness (QED) is 0.275. The SMILES string of the molecule is CC1(C)CC(=O)C2=C(C1)NC(N/N=C/[C@H](O)[C@@H](O)[C@H](O)CO)=NC2c1ccc(Cl)cc1. The summed E-state index contributed by atoms with van der Waals surface area (Å²) in [6.07, 6.45) is -2.53. The zero-order chi connectivity index (χ0) is 22.8. The van der Waals surface area contributed by atoms with E-state index in [9.17, 15) is 20.1 Å². The first kappa shape index (κ1) is 23.4. The van der Waals surface area contributed by atoms with E-state index in [4.69, 9.17) is 16.7 Å². The van der Waals surface area contributed by atoms with Crippen LogP contribution in [0.4, 0.5) is 0 Å². The molecular weight excluding hydrogens is 424 g/mol. The molecule has 0 saturated heterocycles. The van der Waals surface area contributed by atoms with Crippen LogP contribution in [0.15, 0.2) is 45.6 Å². The smallest absolute Gasteiger partial charge is 0.217 e. The van der Waals surface area contributed by atoms with Crippen LogP contribution in [0.3, 0.4) is 0 Å². The van der Waals surface area contributed by atoms with Crippen molar-refractivity contribution in [3.8, 4) is 0 Å². The molecule has 6 N–H and O–H groups in total. The van der Waals surface area contributed by atoms with E-state index < -0.39 is 31.0 Å². The number of carbonyl (C=O) groups is 1. The molecule has 0 spiro atoms. The maximum Gasteiger partial charge on any atom is 0.217 e. The minimum atomic E-state index is -1.59. The lowest BCUT2D eigenvalue weighted by Gasteiger charge is -2.37. The van der Waals surface area contributed by atoms with Gasteiger partial charge in [-0.15, -0.1) is 0 Å². The predicted octanol–water partition coefficient (Wildman–Crippen LogP) is 0.634. The number of hydrogen-bond donors (Lipinski definition) is 6. The highest BCUT2D eigenvalue weighted by atomic mass is 35.5. The van der Waals surface area contributed by atoms with Gasteiger partial charge in [-0.2, -0.15) is 5.10 Å². The van der Waals surface area contributed by atoms with Gasteiger partial charge in [0.15, 0.2) is 5.78 Å². The molecule has 3 rings (SSSR count). The Morgan fingerprint density at radius 1 is 1.29 bits per heavy atom. The van der Waals surface area contributed by atoms with Crippen LogP contribution in [0, 0.1) is 5.41 Å². The van der Waals surface area contributed by atoms with Crippen molar-refractivity contribution in [3.05, 3.63) is 46.1 Å². The molecule has 0 saturated carbocycles. The molecule has 0 radical (unpaired) electrons. The van der Waals surface area contributed by atoms with E-state index in [-0.39, 0.29) is 17.2 Å². The number of benzene rings is 1. The third-order valence-corrected chi connectivity index (χ3v) is 5.49. The summed E-state index contributed by atoms with van der Waals surface area (Å²) < 4.78 is 0. The van der Waals surface area contributed by atoms with Crippen molar-refractivity contribution in [2.45, 2.75) is 51.0 Å². The van der Waals surface area contributed by atoms with Crippen molar-refractivity contribution in [3.63, 3.8) is 0 Å². The van der Waals surface area contributed by atoms with Crippen molar-refractivity contribution in [2.24, 2.45) is 15.5 Å². The largest absolute Gasteiger partial charge is 0.394 e. The first-order valence-corrected chi connectivity index (χ1v) is 10.3. The second-order valence-corrected chi connectivity index (χ2v) is 8.95. The molecule has 4 atom stereocenters. The monoisotopic (exact) mass is 450 g/mol. The number of hydrogen-bond acceptors (Lipinski definition) is 9. The molecule has 2 aliphatic rings. The number of nitrogens with one attached hydrogen (secondary N) is 2. The summed E-state index contributed by atoms with van der Waals surface area (Å²) >= 11 is 6.00. The highest BCUT2D eigenvalue weighted by Gasteiger charge is 2.39. The number of aliphatic imine (C=N–C) groups is 1. The summed E-state index contributed by atoms with van der Waals surface area (Å²) in [6, 6.07) is 6.57. The minimum absolute atomic E-state index is 0.0292. The van der Waals surface area contributed by atoms with Gasteiger partial charge in [0.1, 0.15) is 24.4 Å². The summed E-state index contributed by atoms with van der Waals surface area (Å²) in [5.74, 6) is 0.298. The fourth-order valence-electron chi connectivity index (χ4n) is 3.67. The van der Waals surface area contributed by atoms with Gasteiger partial charge in [-0.1, -0.05) is 37.6 Å². The van der Waals surface area contributed by atoms with Gasteiger partial charge >= 0.3 is 0 Å². The predicted molar refractivity (Wildman–Crippen MR) is 117 cm³/mol. The van der Waals surface area contributed by atoms with Crippen LogP contribution in [0.25, 0.3) is 0 Å². The Bertz CT molecular complexity index is 913. The number of ketones is 1.